The molecule has 1 aromatic carbocycles. The van der Waals surface area contributed by atoms with Gasteiger partial charge in [0.2, 0.25) is 0 Å². The van der Waals surface area contributed by atoms with Crippen LogP contribution in [0.4, 0.5) is 14.5 Å². The van der Waals surface area contributed by atoms with Gasteiger partial charge in [-0.2, -0.15) is 8.78 Å². The minimum absolute atomic E-state index is 0.136. The molecule has 1 aliphatic heterocycles. The highest BCUT2D eigenvalue weighted by atomic mass is 19.3. The van der Waals surface area contributed by atoms with Gasteiger partial charge in [0, 0.05) is 32.7 Å². The molecule has 0 aliphatic carbocycles. The van der Waals surface area contributed by atoms with Crippen molar-refractivity contribution in [3.05, 3.63) is 36.4 Å². The van der Waals surface area contributed by atoms with E-state index in [1.54, 1.807) is 24.5 Å². The fourth-order valence-corrected chi connectivity index (χ4v) is 3.12. The molecule has 1 saturated heterocycles. The third kappa shape index (κ3) is 5.08. The number of hydrogen-bond donors (Lipinski definition) is 2. The SMILES string of the molecule is CCNC(=NCc1nncn1C)NC1CCN(c2ccccc2OC(F)F)C1. The maximum absolute atomic E-state index is 12.7. The maximum atomic E-state index is 12.7. The van der Waals surface area contributed by atoms with Gasteiger partial charge in [0.05, 0.1) is 5.69 Å². The van der Waals surface area contributed by atoms with E-state index in [0.717, 1.165) is 25.3 Å². The lowest BCUT2D eigenvalue weighted by Crippen LogP contribution is -2.44. The van der Waals surface area contributed by atoms with E-state index < -0.39 is 6.61 Å². The molecule has 1 atom stereocenters. The number of hydrogen-bond acceptors (Lipinski definition) is 5. The van der Waals surface area contributed by atoms with E-state index in [9.17, 15) is 8.78 Å². The number of benzene rings is 1. The van der Waals surface area contributed by atoms with Crippen molar-refractivity contribution >= 4 is 11.6 Å². The van der Waals surface area contributed by atoms with Crippen LogP contribution in [0.5, 0.6) is 5.75 Å². The van der Waals surface area contributed by atoms with E-state index in [4.69, 9.17) is 0 Å². The first kappa shape index (κ1) is 19.8. The zero-order chi connectivity index (χ0) is 19.9. The second kappa shape index (κ2) is 9.34. The van der Waals surface area contributed by atoms with Gasteiger partial charge in [-0.15, -0.1) is 10.2 Å². The van der Waals surface area contributed by atoms with Gasteiger partial charge in [-0.05, 0) is 25.5 Å². The molecule has 3 rings (SSSR count). The van der Waals surface area contributed by atoms with Crippen LogP contribution in [0, 0.1) is 0 Å². The number of rotatable bonds is 7. The van der Waals surface area contributed by atoms with Crippen molar-refractivity contribution in [2.45, 2.75) is 32.5 Å². The summed E-state index contributed by atoms with van der Waals surface area (Å²) in [5.41, 5.74) is 0.674. The number of aromatic nitrogens is 3. The third-order valence-corrected chi connectivity index (χ3v) is 4.48. The quantitative estimate of drug-likeness (QED) is 0.551. The molecule has 0 amide bonds. The Bertz CT molecular complexity index is 796. The largest absolute Gasteiger partial charge is 0.433 e. The summed E-state index contributed by atoms with van der Waals surface area (Å²) in [5.74, 6) is 1.65. The summed E-state index contributed by atoms with van der Waals surface area (Å²) in [6.07, 6.45) is 2.50. The molecule has 1 fully saturated rings. The Kier molecular flexibility index (Phi) is 6.62. The molecular weight excluding hydrogens is 368 g/mol. The molecular formula is C18H25F2N7O. The number of alkyl halides is 2. The van der Waals surface area contributed by atoms with E-state index in [2.05, 4.69) is 30.6 Å². The van der Waals surface area contributed by atoms with Gasteiger partial charge >= 0.3 is 6.61 Å². The van der Waals surface area contributed by atoms with Crippen molar-refractivity contribution < 1.29 is 13.5 Å². The van der Waals surface area contributed by atoms with Crippen LogP contribution >= 0.6 is 0 Å². The molecule has 0 radical (unpaired) electrons. The number of guanidine groups is 1. The topological polar surface area (TPSA) is 79.6 Å². The van der Waals surface area contributed by atoms with Gasteiger partial charge in [0.15, 0.2) is 11.8 Å². The number of nitrogens with zero attached hydrogens (tertiary/aromatic N) is 5. The lowest BCUT2D eigenvalue weighted by Gasteiger charge is -2.22. The maximum Gasteiger partial charge on any atom is 0.387 e. The second-order valence-electron chi connectivity index (χ2n) is 6.48. The molecule has 1 aromatic heterocycles. The Morgan fingerprint density at radius 3 is 2.93 bits per heavy atom. The molecule has 2 aromatic rings. The molecule has 152 valence electrons. The molecule has 0 spiro atoms. The first-order valence-corrected chi connectivity index (χ1v) is 9.23. The zero-order valence-corrected chi connectivity index (χ0v) is 16.0. The Labute approximate surface area is 162 Å². The summed E-state index contributed by atoms with van der Waals surface area (Å²) < 4.78 is 31.8. The van der Waals surface area contributed by atoms with Crippen LogP contribution in [0.25, 0.3) is 0 Å². The summed E-state index contributed by atoms with van der Waals surface area (Å²) in [6, 6.07) is 7.01. The van der Waals surface area contributed by atoms with Crippen LogP contribution in [0.2, 0.25) is 0 Å². The fraction of sp³-hybridized carbons (Fsp3) is 0.500. The number of ether oxygens (including phenoxy) is 1. The van der Waals surface area contributed by atoms with Crippen molar-refractivity contribution in [3.63, 3.8) is 0 Å². The van der Waals surface area contributed by atoms with Crippen LogP contribution in [0.15, 0.2) is 35.6 Å². The Balaban J connectivity index is 1.63. The van der Waals surface area contributed by atoms with E-state index in [-0.39, 0.29) is 11.8 Å². The van der Waals surface area contributed by atoms with Crippen LogP contribution in [0.1, 0.15) is 19.2 Å². The van der Waals surface area contributed by atoms with Crippen LogP contribution < -0.4 is 20.3 Å². The second-order valence-corrected chi connectivity index (χ2v) is 6.48. The average Bonchev–Trinajstić information content (AvgIpc) is 3.29. The van der Waals surface area contributed by atoms with E-state index in [1.165, 1.54) is 0 Å². The van der Waals surface area contributed by atoms with Gasteiger partial charge in [-0.25, -0.2) is 4.99 Å². The highest BCUT2D eigenvalue weighted by molar-refractivity contribution is 5.80. The molecule has 1 aliphatic rings. The van der Waals surface area contributed by atoms with Gasteiger partial charge in [0.1, 0.15) is 18.6 Å². The predicted molar refractivity (Wildman–Crippen MR) is 103 cm³/mol. The van der Waals surface area contributed by atoms with Gasteiger partial charge < -0.3 is 24.8 Å². The Morgan fingerprint density at radius 1 is 1.39 bits per heavy atom. The highest BCUT2D eigenvalue weighted by Crippen LogP contribution is 2.31. The molecule has 2 heterocycles. The van der Waals surface area contributed by atoms with Gasteiger partial charge in [-0.3, -0.25) is 0 Å². The summed E-state index contributed by atoms with van der Waals surface area (Å²) in [4.78, 5) is 6.61. The lowest BCUT2D eigenvalue weighted by molar-refractivity contribution is -0.0495. The molecule has 0 saturated carbocycles. The summed E-state index contributed by atoms with van der Waals surface area (Å²) in [5, 5.41) is 14.5. The van der Waals surface area contributed by atoms with E-state index in [1.807, 2.05) is 29.5 Å². The molecule has 1 unspecified atom stereocenters. The van der Waals surface area contributed by atoms with Crippen molar-refractivity contribution in [2.75, 3.05) is 24.5 Å². The smallest absolute Gasteiger partial charge is 0.387 e. The number of para-hydroxylation sites is 2. The van der Waals surface area contributed by atoms with Gasteiger partial charge in [0.25, 0.3) is 0 Å². The monoisotopic (exact) mass is 393 g/mol. The van der Waals surface area contributed by atoms with Crippen LogP contribution in [0.3, 0.4) is 0 Å². The summed E-state index contributed by atoms with van der Waals surface area (Å²) in [7, 11) is 1.87. The minimum atomic E-state index is -2.84. The first-order valence-electron chi connectivity index (χ1n) is 9.23. The predicted octanol–water partition coefficient (Wildman–Crippen LogP) is 1.75. The van der Waals surface area contributed by atoms with Crippen molar-refractivity contribution in [1.82, 2.24) is 25.4 Å². The molecule has 8 nitrogen and oxygen atoms in total. The van der Waals surface area contributed by atoms with Crippen molar-refractivity contribution in [1.29, 1.82) is 0 Å². The summed E-state index contributed by atoms with van der Waals surface area (Å²) >= 11 is 0. The highest BCUT2D eigenvalue weighted by Gasteiger charge is 2.26. The average molecular weight is 393 g/mol. The van der Waals surface area contributed by atoms with Crippen molar-refractivity contribution in [3.8, 4) is 5.75 Å². The van der Waals surface area contributed by atoms with Gasteiger partial charge in [-0.1, -0.05) is 12.1 Å². The normalized spacial score (nSPS) is 17.2. The number of aryl methyl sites for hydroxylation is 1. The van der Waals surface area contributed by atoms with Crippen LogP contribution in [-0.2, 0) is 13.6 Å². The van der Waals surface area contributed by atoms with E-state index in [0.29, 0.717) is 24.7 Å². The zero-order valence-electron chi connectivity index (χ0n) is 16.0. The fourth-order valence-electron chi connectivity index (χ4n) is 3.12. The number of anilines is 1. The minimum Gasteiger partial charge on any atom is -0.433 e. The van der Waals surface area contributed by atoms with Crippen molar-refractivity contribution in [2.24, 2.45) is 12.0 Å². The Morgan fingerprint density at radius 2 is 2.21 bits per heavy atom. The number of nitrogens with one attached hydrogen (secondary N) is 2. The standard InChI is InChI=1S/C18H25F2N7O/c1-3-21-18(22-10-16-25-23-12-26(16)2)24-13-8-9-27(11-13)14-6-4-5-7-15(14)28-17(19)20/h4-7,12-13,17H,3,8-11H2,1-2H3,(H2,21,22,24). The lowest BCUT2D eigenvalue weighted by atomic mass is 10.2. The molecule has 2 N–H and O–H groups in total. The third-order valence-electron chi connectivity index (χ3n) is 4.48. The van der Waals surface area contributed by atoms with E-state index >= 15 is 0 Å². The van der Waals surface area contributed by atoms with Crippen LogP contribution in [-0.4, -0.2) is 53.0 Å². The molecule has 0 bridgehead atoms. The molecule has 10 heteroatoms. The first-order chi connectivity index (χ1) is 13.6. The molecule has 28 heavy (non-hydrogen) atoms. The number of aliphatic imine (C=N–C) groups is 1. The number of halogens is 2. The Hall–Kier alpha value is -2.91. The summed E-state index contributed by atoms with van der Waals surface area (Å²) in [6.45, 7) is 1.70.